The minimum absolute atomic E-state index is 0.287. The number of rotatable bonds is 3. The molecule has 1 aromatic heterocycles. The average molecular weight is 303 g/mol. The Labute approximate surface area is 127 Å². The van der Waals surface area contributed by atoms with E-state index in [2.05, 4.69) is 15.5 Å². The van der Waals surface area contributed by atoms with Gasteiger partial charge in [0.1, 0.15) is 12.1 Å². The first-order valence-corrected chi connectivity index (χ1v) is 7.07. The molecule has 3 rings (SSSR count). The minimum Gasteiger partial charge on any atom is -0.482 e. The molecule has 0 spiro atoms. The van der Waals surface area contributed by atoms with Gasteiger partial charge in [-0.05, 0) is 32.9 Å². The highest BCUT2D eigenvalue weighted by molar-refractivity contribution is 5.82. The number of aryl methyl sites for hydroxylation is 1. The fraction of sp³-hybridized carbons (Fsp3) is 0.400. The Morgan fingerprint density at radius 2 is 1.95 bits per heavy atom. The maximum absolute atomic E-state index is 12.4. The monoisotopic (exact) mass is 303 g/mol. The van der Waals surface area contributed by atoms with E-state index in [1.807, 2.05) is 18.2 Å². The molecule has 1 amide bonds. The lowest BCUT2D eigenvalue weighted by atomic mass is 10.1. The van der Waals surface area contributed by atoms with Crippen LogP contribution < -0.4 is 14.8 Å². The predicted molar refractivity (Wildman–Crippen MR) is 76.5 cm³/mol. The lowest BCUT2D eigenvalue weighted by Crippen LogP contribution is -2.49. The maximum atomic E-state index is 12.4. The van der Waals surface area contributed by atoms with Crippen LogP contribution in [-0.2, 0) is 4.79 Å². The Hall–Kier alpha value is -2.57. The molecular weight excluding hydrogens is 286 g/mol. The summed E-state index contributed by atoms with van der Waals surface area (Å²) in [6, 6.07) is 6.87. The van der Waals surface area contributed by atoms with E-state index in [-0.39, 0.29) is 5.91 Å². The number of nitrogens with zero attached hydrogens (tertiary/aromatic N) is 2. The number of ether oxygens (including phenoxy) is 2. The van der Waals surface area contributed by atoms with Gasteiger partial charge in [-0.3, -0.25) is 4.79 Å². The van der Waals surface area contributed by atoms with Crippen molar-refractivity contribution in [3.05, 3.63) is 36.0 Å². The van der Waals surface area contributed by atoms with Crippen molar-refractivity contribution in [2.75, 3.05) is 0 Å². The van der Waals surface area contributed by atoms with Gasteiger partial charge in [0.15, 0.2) is 17.3 Å². The number of carbonyl (C=O) groups is 1. The van der Waals surface area contributed by atoms with Gasteiger partial charge in [0.05, 0.1) is 0 Å². The zero-order valence-electron chi connectivity index (χ0n) is 12.6. The molecule has 1 N–H and O–H groups in total. The molecule has 0 saturated carbocycles. The second-order valence-electron chi connectivity index (χ2n) is 5.22. The van der Waals surface area contributed by atoms with E-state index in [9.17, 15) is 4.79 Å². The third-order valence-electron chi connectivity index (χ3n) is 3.37. The van der Waals surface area contributed by atoms with Gasteiger partial charge in [-0.1, -0.05) is 17.3 Å². The molecular formula is C15H17N3O4. The van der Waals surface area contributed by atoms with E-state index in [1.54, 1.807) is 26.8 Å². The fourth-order valence-electron chi connectivity index (χ4n) is 2.25. The van der Waals surface area contributed by atoms with Gasteiger partial charge in [0.25, 0.3) is 5.91 Å². The standard InChI is InChI=1S/C15H17N3O4/c1-8(15-17-10(3)18-22-15)16-14(19)13-9(2)20-11-6-4-5-7-12(11)21-13/h4-9,13H,1-3H3,(H,16,19). The van der Waals surface area contributed by atoms with Crippen LogP contribution in [0.3, 0.4) is 0 Å². The maximum Gasteiger partial charge on any atom is 0.265 e. The van der Waals surface area contributed by atoms with Crippen LogP contribution in [-0.4, -0.2) is 28.3 Å². The predicted octanol–water partition coefficient (Wildman–Crippen LogP) is 1.78. The van der Waals surface area contributed by atoms with Crippen LogP contribution >= 0.6 is 0 Å². The number of nitrogens with one attached hydrogen (secondary N) is 1. The molecule has 2 aromatic rings. The number of aromatic nitrogens is 2. The summed E-state index contributed by atoms with van der Waals surface area (Å²) in [7, 11) is 0. The second-order valence-corrected chi connectivity index (χ2v) is 5.22. The van der Waals surface area contributed by atoms with Gasteiger partial charge < -0.3 is 19.3 Å². The molecule has 0 bridgehead atoms. The molecule has 116 valence electrons. The third kappa shape index (κ3) is 2.74. The molecule has 3 unspecified atom stereocenters. The summed E-state index contributed by atoms with van der Waals surface area (Å²) in [6.07, 6.45) is -1.13. The summed E-state index contributed by atoms with van der Waals surface area (Å²) in [5, 5.41) is 6.51. The smallest absolute Gasteiger partial charge is 0.265 e. The Morgan fingerprint density at radius 1 is 1.27 bits per heavy atom. The van der Waals surface area contributed by atoms with Crippen LogP contribution in [0.15, 0.2) is 28.8 Å². The Morgan fingerprint density at radius 3 is 2.59 bits per heavy atom. The quantitative estimate of drug-likeness (QED) is 0.930. The van der Waals surface area contributed by atoms with Gasteiger partial charge in [0, 0.05) is 0 Å². The highest BCUT2D eigenvalue weighted by Gasteiger charge is 2.35. The fourth-order valence-corrected chi connectivity index (χ4v) is 2.25. The summed E-state index contributed by atoms with van der Waals surface area (Å²) in [6.45, 7) is 5.29. The number of hydrogen-bond acceptors (Lipinski definition) is 6. The van der Waals surface area contributed by atoms with Crippen molar-refractivity contribution in [1.29, 1.82) is 0 Å². The number of para-hydroxylation sites is 2. The topological polar surface area (TPSA) is 86.5 Å². The molecule has 1 aliphatic rings. The van der Waals surface area contributed by atoms with Crippen molar-refractivity contribution in [1.82, 2.24) is 15.5 Å². The first-order valence-electron chi connectivity index (χ1n) is 7.07. The summed E-state index contributed by atoms with van der Waals surface area (Å²) in [4.78, 5) is 16.5. The zero-order valence-corrected chi connectivity index (χ0v) is 12.6. The number of hydrogen-bond donors (Lipinski definition) is 1. The first-order chi connectivity index (χ1) is 10.5. The van der Waals surface area contributed by atoms with Gasteiger partial charge in [-0.25, -0.2) is 0 Å². The molecule has 1 aliphatic heterocycles. The van der Waals surface area contributed by atoms with Crippen LogP contribution in [0.25, 0.3) is 0 Å². The first kappa shape index (κ1) is 14.4. The highest BCUT2D eigenvalue weighted by atomic mass is 16.6. The van der Waals surface area contributed by atoms with Crippen LogP contribution in [0, 0.1) is 6.92 Å². The molecule has 3 atom stereocenters. The Balaban J connectivity index is 1.70. The zero-order chi connectivity index (χ0) is 15.7. The normalized spacial score (nSPS) is 21.2. The van der Waals surface area contributed by atoms with Crippen LogP contribution in [0.4, 0.5) is 0 Å². The van der Waals surface area contributed by atoms with Crippen LogP contribution in [0.1, 0.15) is 31.6 Å². The molecule has 0 aliphatic carbocycles. The summed E-state index contributed by atoms with van der Waals surface area (Å²) in [5.41, 5.74) is 0. The molecule has 7 nitrogen and oxygen atoms in total. The largest absolute Gasteiger partial charge is 0.482 e. The Kier molecular flexibility index (Phi) is 3.70. The van der Waals surface area contributed by atoms with E-state index in [1.165, 1.54) is 0 Å². The van der Waals surface area contributed by atoms with Crippen LogP contribution in [0.2, 0.25) is 0 Å². The number of fused-ring (bicyclic) bond motifs is 1. The molecule has 2 heterocycles. The second kappa shape index (κ2) is 5.67. The van der Waals surface area contributed by atoms with Crippen molar-refractivity contribution >= 4 is 5.91 Å². The van der Waals surface area contributed by atoms with Gasteiger partial charge in [-0.15, -0.1) is 0 Å². The van der Waals surface area contributed by atoms with E-state index in [0.29, 0.717) is 23.2 Å². The summed E-state index contributed by atoms with van der Waals surface area (Å²) in [5.74, 6) is 1.79. The van der Waals surface area contributed by atoms with Crippen molar-refractivity contribution in [2.24, 2.45) is 0 Å². The Bertz CT molecular complexity index is 685. The van der Waals surface area contributed by atoms with Gasteiger partial charge in [0.2, 0.25) is 12.0 Å². The van der Waals surface area contributed by atoms with E-state index in [4.69, 9.17) is 14.0 Å². The van der Waals surface area contributed by atoms with Gasteiger partial charge in [-0.2, -0.15) is 4.98 Å². The number of amides is 1. The van der Waals surface area contributed by atoms with E-state index in [0.717, 1.165) is 0 Å². The molecule has 0 saturated heterocycles. The van der Waals surface area contributed by atoms with E-state index < -0.39 is 18.2 Å². The average Bonchev–Trinajstić information content (AvgIpc) is 2.93. The lowest BCUT2D eigenvalue weighted by molar-refractivity contribution is -0.134. The van der Waals surface area contributed by atoms with Crippen molar-refractivity contribution < 1.29 is 18.8 Å². The van der Waals surface area contributed by atoms with Crippen molar-refractivity contribution in [3.63, 3.8) is 0 Å². The summed E-state index contributed by atoms with van der Waals surface area (Å²) >= 11 is 0. The lowest BCUT2D eigenvalue weighted by Gasteiger charge is -2.31. The third-order valence-corrected chi connectivity index (χ3v) is 3.37. The SMILES string of the molecule is Cc1noc(C(C)NC(=O)C2Oc3ccccc3OC2C)n1. The van der Waals surface area contributed by atoms with Crippen molar-refractivity contribution in [3.8, 4) is 11.5 Å². The highest BCUT2D eigenvalue weighted by Crippen LogP contribution is 2.33. The molecule has 0 fully saturated rings. The van der Waals surface area contributed by atoms with Gasteiger partial charge >= 0.3 is 0 Å². The van der Waals surface area contributed by atoms with E-state index >= 15 is 0 Å². The number of benzene rings is 1. The molecule has 22 heavy (non-hydrogen) atoms. The molecule has 7 heteroatoms. The van der Waals surface area contributed by atoms with Crippen molar-refractivity contribution in [2.45, 2.75) is 39.0 Å². The summed E-state index contributed by atoms with van der Waals surface area (Å²) < 4.78 is 16.5. The molecule has 0 radical (unpaired) electrons. The van der Waals surface area contributed by atoms with Crippen LogP contribution in [0.5, 0.6) is 11.5 Å². The number of carbonyl (C=O) groups excluding carboxylic acids is 1. The molecule has 1 aromatic carbocycles. The minimum atomic E-state index is -0.735.